The molecule has 0 spiro atoms. The highest BCUT2D eigenvalue weighted by atomic mass is 32.2. The van der Waals surface area contributed by atoms with Crippen molar-refractivity contribution in [1.82, 2.24) is 5.32 Å². The molecule has 0 heterocycles. The van der Waals surface area contributed by atoms with E-state index in [1.54, 1.807) is 6.92 Å². The van der Waals surface area contributed by atoms with Gasteiger partial charge in [-0.1, -0.05) is 13.3 Å². The monoisotopic (exact) mass is 335 g/mol. The molecule has 22 heavy (non-hydrogen) atoms. The van der Waals surface area contributed by atoms with E-state index in [0.717, 1.165) is 24.3 Å². The third-order valence-corrected chi connectivity index (χ3v) is 4.26. The van der Waals surface area contributed by atoms with Gasteiger partial charge in [-0.3, -0.25) is 4.79 Å². The lowest BCUT2D eigenvalue weighted by Crippen LogP contribution is -2.40. The second-order valence-corrected chi connectivity index (χ2v) is 6.40. The molecule has 1 amide bonds. The van der Waals surface area contributed by atoms with Gasteiger partial charge in [-0.25, -0.2) is 13.2 Å². The van der Waals surface area contributed by atoms with Crippen LogP contribution in [0.1, 0.15) is 30.1 Å². The average molecular weight is 335 g/mol. The van der Waals surface area contributed by atoms with Crippen LogP contribution in [0.3, 0.4) is 0 Å². The lowest BCUT2D eigenvalue weighted by Gasteiger charge is -2.13. The Morgan fingerprint density at radius 3 is 2.18 bits per heavy atom. The summed E-state index contributed by atoms with van der Waals surface area (Å²) in [4.78, 5) is 22.2. The van der Waals surface area contributed by atoms with Crippen LogP contribution < -0.4 is 5.32 Å². The number of rotatable bonds is 7. The summed E-state index contributed by atoms with van der Waals surface area (Å²) in [6.45, 7) is 1.76. The molecule has 6 nitrogen and oxygen atoms in total. The zero-order valence-corrected chi connectivity index (χ0v) is 12.4. The first-order valence-corrected chi connectivity index (χ1v) is 7.90. The predicted octanol–water partition coefficient (Wildman–Crippen LogP) is 1.67. The number of carbonyl (C=O) groups is 2. The normalized spacial score (nSPS) is 12.9. The summed E-state index contributed by atoms with van der Waals surface area (Å²) in [5.74, 6) is -5.46. The van der Waals surface area contributed by atoms with Crippen molar-refractivity contribution < 1.29 is 31.9 Å². The highest BCUT2D eigenvalue weighted by Crippen LogP contribution is 2.18. The fourth-order valence-corrected chi connectivity index (χ4v) is 2.41. The number of nitrogens with one attached hydrogen (secondary N) is 1. The van der Waals surface area contributed by atoms with E-state index in [1.165, 1.54) is 0 Å². The number of amides is 1. The van der Waals surface area contributed by atoms with Gasteiger partial charge in [0.1, 0.15) is 6.04 Å². The van der Waals surface area contributed by atoms with Crippen molar-refractivity contribution >= 4 is 21.7 Å². The van der Waals surface area contributed by atoms with Gasteiger partial charge in [0.15, 0.2) is 0 Å². The van der Waals surface area contributed by atoms with Crippen LogP contribution in [0.15, 0.2) is 29.2 Å². The molecule has 122 valence electrons. The van der Waals surface area contributed by atoms with Crippen molar-refractivity contribution in [1.29, 1.82) is 0 Å². The Labute approximate surface area is 126 Å². The molecular weight excluding hydrogens is 320 g/mol. The average Bonchev–Trinajstić information content (AvgIpc) is 2.46. The van der Waals surface area contributed by atoms with Crippen LogP contribution in [-0.2, 0) is 14.6 Å². The highest BCUT2D eigenvalue weighted by Gasteiger charge is 2.27. The van der Waals surface area contributed by atoms with Crippen molar-refractivity contribution in [3.8, 4) is 0 Å². The van der Waals surface area contributed by atoms with Gasteiger partial charge in [0.25, 0.3) is 5.91 Å². The Bertz CT molecular complexity index is 643. The number of benzene rings is 1. The van der Waals surface area contributed by atoms with Crippen LogP contribution in [0.25, 0.3) is 0 Å². The maximum absolute atomic E-state index is 12.4. The maximum Gasteiger partial charge on any atom is 0.341 e. The molecule has 0 saturated heterocycles. The van der Waals surface area contributed by atoms with Gasteiger partial charge >= 0.3 is 11.7 Å². The number of carboxylic acids is 1. The Morgan fingerprint density at radius 2 is 1.77 bits per heavy atom. The van der Waals surface area contributed by atoms with Gasteiger partial charge in [-0.2, -0.15) is 8.78 Å². The van der Waals surface area contributed by atoms with E-state index in [-0.39, 0.29) is 12.0 Å². The fourth-order valence-electron chi connectivity index (χ4n) is 1.69. The largest absolute Gasteiger partial charge is 0.480 e. The number of alkyl halides is 2. The number of carbonyl (C=O) groups excluding carboxylic acids is 1. The third-order valence-electron chi connectivity index (χ3n) is 2.86. The Kier molecular flexibility index (Phi) is 5.98. The Balaban J connectivity index is 2.91. The van der Waals surface area contributed by atoms with Gasteiger partial charge in [0.2, 0.25) is 9.84 Å². The van der Waals surface area contributed by atoms with Crippen LogP contribution in [0.5, 0.6) is 0 Å². The van der Waals surface area contributed by atoms with Crippen LogP contribution in [-0.4, -0.2) is 37.2 Å². The summed E-state index contributed by atoms with van der Waals surface area (Å²) >= 11 is 0. The van der Waals surface area contributed by atoms with Gasteiger partial charge in [0.05, 0.1) is 4.90 Å². The molecule has 1 aromatic carbocycles. The van der Waals surface area contributed by atoms with E-state index in [9.17, 15) is 26.8 Å². The van der Waals surface area contributed by atoms with Crippen LogP contribution >= 0.6 is 0 Å². The Morgan fingerprint density at radius 1 is 1.23 bits per heavy atom. The van der Waals surface area contributed by atoms with Crippen molar-refractivity contribution in [2.45, 2.75) is 36.5 Å². The summed E-state index contributed by atoms with van der Waals surface area (Å²) in [6.07, 6.45) is 0.779. The van der Waals surface area contributed by atoms with E-state index >= 15 is 0 Å². The third kappa shape index (κ3) is 4.23. The molecule has 0 fully saturated rings. The molecule has 2 N–H and O–H groups in total. The van der Waals surface area contributed by atoms with Crippen molar-refractivity contribution in [3.63, 3.8) is 0 Å². The minimum absolute atomic E-state index is 0.0180. The summed E-state index contributed by atoms with van der Waals surface area (Å²) in [5.41, 5.74) is -0.0180. The van der Waals surface area contributed by atoms with Crippen LogP contribution in [0, 0.1) is 0 Å². The first-order chi connectivity index (χ1) is 10.2. The molecule has 0 aliphatic rings. The molecule has 0 saturated carbocycles. The van der Waals surface area contributed by atoms with Gasteiger partial charge in [0, 0.05) is 5.56 Å². The lowest BCUT2D eigenvalue weighted by atomic mass is 10.1. The first kappa shape index (κ1) is 18.0. The molecule has 0 aliphatic heterocycles. The van der Waals surface area contributed by atoms with Gasteiger partial charge in [-0.05, 0) is 30.7 Å². The minimum atomic E-state index is -4.72. The minimum Gasteiger partial charge on any atom is -0.480 e. The summed E-state index contributed by atoms with van der Waals surface area (Å²) in [5, 5.41) is 11.2. The van der Waals surface area contributed by atoms with Crippen LogP contribution in [0.4, 0.5) is 8.78 Å². The first-order valence-electron chi connectivity index (χ1n) is 6.36. The number of sulfone groups is 1. The number of carboxylic acid groups (broad SMARTS) is 1. The molecule has 9 heteroatoms. The Hall–Kier alpha value is -2.03. The topological polar surface area (TPSA) is 101 Å². The lowest BCUT2D eigenvalue weighted by molar-refractivity contribution is -0.139. The zero-order valence-electron chi connectivity index (χ0n) is 11.6. The number of hydrogen-bond donors (Lipinski definition) is 2. The van der Waals surface area contributed by atoms with E-state index in [0.29, 0.717) is 6.42 Å². The van der Waals surface area contributed by atoms with Gasteiger partial charge < -0.3 is 10.4 Å². The SMILES string of the molecule is CCCC(NC(=O)c1ccc(S(=O)(=O)C(F)F)cc1)C(=O)O. The second kappa shape index (κ2) is 7.30. The smallest absolute Gasteiger partial charge is 0.341 e. The van der Waals surface area contributed by atoms with Gasteiger partial charge in [-0.15, -0.1) is 0 Å². The van der Waals surface area contributed by atoms with Crippen molar-refractivity contribution in [3.05, 3.63) is 29.8 Å². The quantitative estimate of drug-likeness (QED) is 0.789. The molecule has 0 radical (unpaired) electrons. The van der Waals surface area contributed by atoms with E-state index < -0.39 is 38.4 Å². The molecule has 1 rings (SSSR count). The summed E-state index contributed by atoms with van der Waals surface area (Å²) < 4.78 is 47.2. The standard InChI is InChI=1S/C13H15F2NO5S/c1-2-3-10(12(18)19)16-11(17)8-4-6-9(7-5-8)22(20,21)13(14)15/h4-7,10,13H,2-3H2,1H3,(H,16,17)(H,18,19). The molecule has 0 aromatic heterocycles. The summed E-state index contributed by atoms with van der Waals surface area (Å²) in [7, 11) is -4.72. The predicted molar refractivity (Wildman–Crippen MR) is 73.4 cm³/mol. The van der Waals surface area contributed by atoms with Crippen molar-refractivity contribution in [2.75, 3.05) is 0 Å². The molecular formula is C13H15F2NO5S. The van der Waals surface area contributed by atoms with E-state index in [2.05, 4.69) is 5.32 Å². The number of aliphatic carboxylic acids is 1. The molecule has 1 unspecified atom stereocenters. The maximum atomic E-state index is 12.4. The van der Waals surface area contributed by atoms with E-state index in [1.807, 2.05) is 0 Å². The second-order valence-electron chi connectivity index (χ2n) is 4.48. The molecule has 1 atom stereocenters. The molecule has 1 aromatic rings. The zero-order chi connectivity index (χ0) is 16.9. The summed E-state index contributed by atoms with van der Waals surface area (Å²) in [6, 6.07) is 2.80. The van der Waals surface area contributed by atoms with Crippen LogP contribution in [0.2, 0.25) is 0 Å². The highest BCUT2D eigenvalue weighted by molar-refractivity contribution is 7.91. The fraction of sp³-hybridized carbons (Fsp3) is 0.385. The number of hydrogen-bond acceptors (Lipinski definition) is 4. The molecule has 0 aliphatic carbocycles. The van der Waals surface area contributed by atoms with Crippen molar-refractivity contribution in [2.24, 2.45) is 0 Å². The van der Waals surface area contributed by atoms with E-state index in [4.69, 9.17) is 5.11 Å². The molecule has 0 bridgehead atoms. The number of halogens is 2.